The second-order valence-electron chi connectivity index (χ2n) is 4.90. The monoisotopic (exact) mass is 348 g/mol. The number of fused-ring (bicyclic) bond motifs is 1. The molecule has 0 saturated heterocycles. The highest BCUT2D eigenvalue weighted by Crippen LogP contribution is 2.22. The van der Waals surface area contributed by atoms with Crippen molar-refractivity contribution in [3.8, 4) is 0 Å². The first kappa shape index (κ1) is 15.7. The molecule has 3 rings (SSSR count). The van der Waals surface area contributed by atoms with E-state index in [1.54, 1.807) is 12.1 Å². The summed E-state index contributed by atoms with van der Waals surface area (Å²) < 4.78 is 22.5. The third-order valence-electron chi connectivity index (χ3n) is 3.29. The summed E-state index contributed by atoms with van der Waals surface area (Å²) in [5, 5.41) is 9.28. The highest BCUT2D eigenvalue weighted by atomic mass is 35.5. The summed E-state index contributed by atoms with van der Waals surface area (Å²) in [6.07, 6.45) is 0. The van der Waals surface area contributed by atoms with E-state index in [9.17, 15) is 8.42 Å². The Kier molecular flexibility index (Phi) is 4.16. The molecule has 0 aliphatic heterocycles. The molecule has 0 unspecified atom stereocenters. The van der Waals surface area contributed by atoms with Gasteiger partial charge in [-0.1, -0.05) is 24.3 Å². The van der Waals surface area contributed by atoms with Gasteiger partial charge in [0.15, 0.2) is 0 Å². The van der Waals surface area contributed by atoms with Gasteiger partial charge in [-0.15, -0.1) is 0 Å². The van der Waals surface area contributed by atoms with Gasteiger partial charge in [-0.05, 0) is 41.4 Å². The van der Waals surface area contributed by atoms with Crippen molar-refractivity contribution in [3.05, 3.63) is 59.4 Å². The highest BCUT2D eigenvalue weighted by molar-refractivity contribution is 7.89. The standard InChI is InChI=1S/C15H13ClN4O2S/c16-15-19-13-4-2-1-3-12(13)14(20-15)18-9-10-5-7-11(8-6-10)23(17,21)22/h1-8H,9H2,(H2,17,21,22)(H,18,19,20). The number of halogens is 1. The Morgan fingerprint density at radius 1 is 1.04 bits per heavy atom. The molecule has 23 heavy (non-hydrogen) atoms. The van der Waals surface area contributed by atoms with Crippen LogP contribution < -0.4 is 10.5 Å². The Bertz CT molecular complexity index is 959. The number of aromatic nitrogens is 2. The van der Waals surface area contributed by atoms with Gasteiger partial charge in [0.1, 0.15) is 5.82 Å². The molecular weight excluding hydrogens is 336 g/mol. The lowest BCUT2D eigenvalue weighted by Crippen LogP contribution is -2.12. The van der Waals surface area contributed by atoms with E-state index in [0.717, 1.165) is 16.5 Å². The zero-order valence-electron chi connectivity index (χ0n) is 11.9. The quantitative estimate of drug-likeness (QED) is 0.706. The Morgan fingerprint density at radius 3 is 2.43 bits per heavy atom. The Balaban J connectivity index is 1.84. The molecule has 6 nitrogen and oxygen atoms in total. The number of para-hydroxylation sites is 1. The predicted molar refractivity (Wildman–Crippen MR) is 89.7 cm³/mol. The normalized spacial score (nSPS) is 11.6. The summed E-state index contributed by atoms with van der Waals surface area (Å²) in [6.45, 7) is 0.461. The van der Waals surface area contributed by atoms with E-state index in [0.29, 0.717) is 12.4 Å². The Labute approximate surface area is 138 Å². The number of sulfonamides is 1. The molecule has 0 bridgehead atoms. The molecule has 0 radical (unpaired) electrons. The molecule has 0 aliphatic rings. The van der Waals surface area contributed by atoms with Crippen molar-refractivity contribution in [3.63, 3.8) is 0 Å². The number of primary sulfonamides is 1. The van der Waals surface area contributed by atoms with Crippen LogP contribution in [0.1, 0.15) is 5.56 Å². The van der Waals surface area contributed by atoms with Crippen molar-refractivity contribution >= 4 is 38.3 Å². The van der Waals surface area contributed by atoms with E-state index in [1.165, 1.54) is 12.1 Å². The van der Waals surface area contributed by atoms with E-state index in [2.05, 4.69) is 15.3 Å². The fraction of sp³-hybridized carbons (Fsp3) is 0.0667. The van der Waals surface area contributed by atoms with Crippen molar-refractivity contribution in [1.29, 1.82) is 0 Å². The maximum absolute atomic E-state index is 11.2. The molecule has 0 amide bonds. The van der Waals surface area contributed by atoms with Gasteiger partial charge >= 0.3 is 0 Å². The molecule has 0 fully saturated rings. The van der Waals surface area contributed by atoms with Crippen molar-refractivity contribution in [2.75, 3.05) is 5.32 Å². The minimum atomic E-state index is -3.68. The van der Waals surface area contributed by atoms with Crippen molar-refractivity contribution in [2.24, 2.45) is 5.14 Å². The number of anilines is 1. The zero-order chi connectivity index (χ0) is 16.4. The van der Waals surface area contributed by atoms with Crippen LogP contribution in [0, 0.1) is 0 Å². The molecule has 0 atom stereocenters. The van der Waals surface area contributed by atoms with Gasteiger partial charge in [0.25, 0.3) is 0 Å². The molecular formula is C15H13ClN4O2S. The SMILES string of the molecule is NS(=O)(=O)c1ccc(CNc2nc(Cl)nc3ccccc23)cc1. The number of benzene rings is 2. The summed E-state index contributed by atoms with van der Waals surface area (Å²) in [4.78, 5) is 8.44. The third kappa shape index (κ3) is 3.58. The van der Waals surface area contributed by atoms with Gasteiger partial charge in [0, 0.05) is 11.9 Å². The molecule has 1 aromatic heterocycles. The lowest BCUT2D eigenvalue weighted by atomic mass is 10.2. The molecule has 1 heterocycles. The Hall–Kier alpha value is -2.22. The number of nitrogens with two attached hydrogens (primary N) is 1. The minimum Gasteiger partial charge on any atom is -0.365 e. The number of nitrogens with one attached hydrogen (secondary N) is 1. The summed E-state index contributed by atoms with van der Waals surface area (Å²) in [7, 11) is -3.68. The maximum atomic E-state index is 11.2. The summed E-state index contributed by atoms with van der Waals surface area (Å²) in [6, 6.07) is 13.9. The molecule has 0 spiro atoms. The maximum Gasteiger partial charge on any atom is 0.238 e. The fourth-order valence-corrected chi connectivity index (χ4v) is 2.86. The second-order valence-corrected chi connectivity index (χ2v) is 6.80. The molecule has 3 N–H and O–H groups in total. The first-order valence-corrected chi connectivity index (χ1v) is 8.64. The number of rotatable bonds is 4. The zero-order valence-corrected chi connectivity index (χ0v) is 13.5. The van der Waals surface area contributed by atoms with Crippen LogP contribution in [-0.2, 0) is 16.6 Å². The van der Waals surface area contributed by atoms with Gasteiger partial charge < -0.3 is 5.32 Å². The second kappa shape index (κ2) is 6.11. The van der Waals surface area contributed by atoms with Crippen LogP contribution in [0.2, 0.25) is 5.28 Å². The molecule has 3 aromatic rings. The molecule has 8 heteroatoms. The van der Waals surface area contributed by atoms with Gasteiger partial charge in [0.05, 0.1) is 10.4 Å². The van der Waals surface area contributed by atoms with Gasteiger partial charge in [-0.2, -0.15) is 0 Å². The number of hydrogen-bond donors (Lipinski definition) is 2. The number of nitrogens with zero attached hydrogens (tertiary/aromatic N) is 2. The topological polar surface area (TPSA) is 98.0 Å². The van der Waals surface area contributed by atoms with Gasteiger partial charge in [0.2, 0.25) is 15.3 Å². The summed E-state index contributed by atoms with van der Waals surface area (Å²) in [5.74, 6) is 0.621. The number of hydrogen-bond acceptors (Lipinski definition) is 5. The van der Waals surface area contributed by atoms with Gasteiger partial charge in [-0.3, -0.25) is 0 Å². The molecule has 0 saturated carbocycles. The van der Waals surface area contributed by atoms with E-state index in [1.807, 2.05) is 24.3 Å². The lowest BCUT2D eigenvalue weighted by Gasteiger charge is -2.09. The van der Waals surface area contributed by atoms with Crippen LogP contribution in [-0.4, -0.2) is 18.4 Å². The Morgan fingerprint density at radius 2 is 1.74 bits per heavy atom. The minimum absolute atomic E-state index is 0.0804. The van der Waals surface area contributed by atoms with Crippen LogP contribution in [0.4, 0.5) is 5.82 Å². The van der Waals surface area contributed by atoms with E-state index in [-0.39, 0.29) is 10.2 Å². The summed E-state index contributed by atoms with van der Waals surface area (Å²) in [5.41, 5.74) is 1.63. The largest absolute Gasteiger partial charge is 0.365 e. The highest BCUT2D eigenvalue weighted by Gasteiger charge is 2.08. The van der Waals surface area contributed by atoms with Crippen molar-refractivity contribution in [2.45, 2.75) is 11.4 Å². The van der Waals surface area contributed by atoms with Crippen LogP contribution in [0.3, 0.4) is 0 Å². The third-order valence-corrected chi connectivity index (χ3v) is 4.39. The van der Waals surface area contributed by atoms with Crippen LogP contribution in [0.15, 0.2) is 53.4 Å². The van der Waals surface area contributed by atoms with Crippen LogP contribution in [0.5, 0.6) is 0 Å². The van der Waals surface area contributed by atoms with Crippen molar-refractivity contribution < 1.29 is 8.42 Å². The van der Waals surface area contributed by atoms with Crippen LogP contribution >= 0.6 is 11.6 Å². The van der Waals surface area contributed by atoms with E-state index >= 15 is 0 Å². The molecule has 118 valence electrons. The average molecular weight is 349 g/mol. The predicted octanol–water partition coefficient (Wildman–Crippen LogP) is 2.54. The molecule has 2 aromatic carbocycles. The molecule has 0 aliphatic carbocycles. The lowest BCUT2D eigenvalue weighted by molar-refractivity contribution is 0.598. The van der Waals surface area contributed by atoms with Crippen LogP contribution in [0.25, 0.3) is 10.9 Å². The smallest absolute Gasteiger partial charge is 0.238 e. The fourth-order valence-electron chi connectivity index (χ4n) is 2.17. The van der Waals surface area contributed by atoms with Gasteiger partial charge in [-0.25, -0.2) is 23.5 Å². The van der Waals surface area contributed by atoms with E-state index in [4.69, 9.17) is 16.7 Å². The average Bonchev–Trinajstić information content (AvgIpc) is 2.52. The first-order valence-electron chi connectivity index (χ1n) is 6.71. The first-order chi connectivity index (χ1) is 10.9. The van der Waals surface area contributed by atoms with Crippen molar-refractivity contribution in [1.82, 2.24) is 9.97 Å². The summed E-state index contributed by atoms with van der Waals surface area (Å²) >= 11 is 5.93. The van der Waals surface area contributed by atoms with E-state index < -0.39 is 10.0 Å².